The summed E-state index contributed by atoms with van der Waals surface area (Å²) in [5.41, 5.74) is 0.972. The molecule has 0 unspecified atom stereocenters. The normalized spacial score (nSPS) is 10.2. The Morgan fingerprint density at radius 1 is 1.54 bits per heavy atom. The fourth-order valence-corrected chi connectivity index (χ4v) is 0.986. The van der Waals surface area contributed by atoms with Gasteiger partial charge >= 0.3 is 0 Å². The molecule has 1 aromatic heterocycles. The molecule has 1 aromatic rings. The van der Waals surface area contributed by atoms with E-state index in [4.69, 9.17) is 4.74 Å². The van der Waals surface area contributed by atoms with Gasteiger partial charge in [0.1, 0.15) is 0 Å². The van der Waals surface area contributed by atoms with E-state index in [9.17, 15) is 0 Å². The largest absolute Gasteiger partial charge is 0.385 e. The SMILES string of the molecule is COCCCNCc1cccnn1. The number of hydrogen-bond acceptors (Lipinski definition) is 4. The van der Waals surface area contributed by atoms with Gasteiger partial charge in [-0.1, -0.05) is 0 Å². The zero-order valence-corrected chi connectivity index (χ0v) is 7.86. The monoisotopic (exact) mass is 181 g/mol. The zero-order valence-electron chi connectivity index (χ0n) is 7.86. The van der Waals surface area contributed by atoms with Gasteiger partial charge in [0.2, 0.25) is 0 Å². The molecule has 0 saturated carbocycles. The highest BCUT2D eigenvalue weighted by Gasteiger charge is 1.92. The van der Waals surface area contributed by atoms with E-state index < -0.39 is 0 Å². The van der Waals surface area contributed by atoms with Gasteiger partial charge in [-0.05, 0) is 25.1 Å². The van der Waals surface area contributed by atoms with Crippen LogP contribution < -0.4 is 5.32 Å². The molecule has 13 heavy (non-hydrogen) atoms. The Morgan fingerprint density at radius 3 is 3.15 bits per heavy atom. The lowest BCUT2D eigenvalue weighted by Crippen LogP contribution is -2.17. The Bertz CT molecular complexity index is 215. The van der Waals surface area contributed by atoms with Gasteiger partial charge in [-0.2, -0.15) is 10.2 Å². The average molecular weight is 181 g/mol. The Balaban J connectivity index is 2.07. The van der Waals surface area contributed by atoms with E-state index in [0.717, 1.165) is 31.8 Å². The topological polar surface area (TPSA) is 47.0 Å². The highest BCUT2D eigenvalue weighted by molar-refractivity contribution is 4.98. The van der Waals surface area contributed by atoms with Crippen LogP contribution in [0.3, 0.4) is 0 Å². The highest BCUT2D eigenvalue weighted by Crippen LogP contribution is 1.89. The number of rotatable bonds is 6. The van der Waals surface area contributed by atoms with E-state index in [1.54, 1.807) is 13.3 Å². The molecular formula is C9H15N3O. The number of hydrogen-bond donors (Lipinski definition) is 1. The molecule has 0 fully saturated rings. The summed E-state index contributed by atoms with van der Waals surface area (Å²) in [6, 6.07) is 3.84. The molecule has 0 bridgehead atoms. The number of nitrogens with one attached hydrogen (secondary N) is 1. The van der Waals surface area contributed by atoms with Crippen molar-refractivity contribution in [2.75, 3.05) is 20.3 Å². The fraction of sp³-hybridized carbons (Fsp3) is 0.556. The maximum Gasteiger partial charge on any atom is 0.0768 e. The molecule has 0 spiro atoms. The van der Waals surface area contributed by atoms with E-state index in [-0.39, 0.29) is 0 Å². The van der Waals surface area contributed by atoms with Crippen LogP contribution in [-0.2, 0) is 11.3 Å². The molecule has 4 heteroatoms. The summed E-state index contributed by atoms with van der Waals surface area (Å²) in [6.07, 6.45) is 2.70. The minimum absolute atomic E-state index is 0.775. The van der Waals surface area contributed by atoms with Crippen LogP contribution in [0.25, 0.3) is 0 Å². The highest BCUT2D eigenvalue weighted by atomic mass is 16.5. The summed E-state index contributed by atoms with van der Waals surface area (Å²) in [5.74, 6) is 0. The van der Waals surface area contributed by atoms with Gasteiger partial charge in [-0.15, -0.1) is 0 Å². The molecule has 1 N–H and O–H groups in total. The van der Waals surface area contributed by atoms with Crippen molar-refractivity contribution >= 4 is 0 Å². The lowest BCUT2D eigenvalue weighted by atomic mass is 10.4. The molecule has 0 saturated heterocycles. The van der Waals surface area contributed by atoms with Crippen LogP contribution in [0.1, 0.15) is 12.1 Å². The van der Waals surface area contributed by atoms with Crippen LogP contribution in [0.2, 0.25) is 0 Å². The number of nitrogens with zero attached hydrogens (tertiary/aromatic N) is 2. The Labute approximate surface area is 78.3 Å². The third-order valence-corrected chi connectivity index (χ3v) is 1.64. The molecule has 0 amide bonds. The lowest BCUT2D eigenvalue weighted by Gasteiger charge is -2.02. The third kappa shape index (κ3) is 4.55. The second-order valence-corrected chi connectivity index (χ2v) is 2.74. The second-order valence-electron chi connectivity index (χ2n) is 2.74. The van der Waals surface area contributed by atoms with E-state index >= 15 is 0 Å². The first-order chi connectivity index (χ1) is 6.43. The average Bonchev–Trinajstić information content (AvgIpc) is 2.19. The van der Waals surface area contributed by atoms with Crippen LogP contribution in [0, 0.1) is 0 Å². The first-order valence-corrected chi connectivity index (χ1v) is 4.39. The molecule has 0 radical (unpaired) electrons. The van der Waals surface area contributed by atoms with Crippen molar-refractivity contribution in [2.45, 2.75) is 13.0 Å². The van der Waals surface area contributed by atoms with Gasteiger partial charge in [-0.25, -0.2) is 0 Å². The van der Waals surface area contributed by atoms with Gasteiger partial charge in [0.15, 0.2) is 0 Å². The van der Waals surface area contributed by atoms with Crippen molar-refractivity contribution in [3.63, 3.8) is 0 Å². The van der Waals surface area contributed by atoms with E-state index in [1.807, 2.05) is 12.1 Å². The van der Waals surface area contributed by atoms with Crippen molar-refractivity contribution in [2.24, 2.45) is 0 Å². The number of methoxy groups -OCH3 is 1. The molecular weight excluding hydrogens is 166 g/mol. The maximum atomic E-state index is 4.93. The summed E-state index contributed by atoms with van der Waals surface area (Å²) in [6.45, 7) is 2.52. The van der Waals surface area contributed by atoms with Crippen molar-refractivity contribution in [1.82, 2.24) is 15.5 Å². The van der Waals surface area contributed by atoms with Gasteiger partial charge in [0, 0.05) is 26.5 Å². The Morgan fingerprint density at radius 2 is 2.46 bits per heavy atom. The molecule has 4 nitrogen and oxygen atoms in total. The molecule has 0 aromatic carbocycles. The number of aromatic nitrogens is 2. The molecule has 0 aliphatic rings. The third-order valence-electron chi connectivity index (χ3n) is 1.64. The smallest absolute Gasteiger partial charge is 0.0768 e. The summed E-state index contributed by atoms with van der Waals surface area (Å²) in [4.78, 5) is 0. The first-order valence-electron chi connectivity index (χ1n) is 4.39. The minimum Gasteiger partial charge on any atom is -0.385 e. The number of ether oxygens (including phenoxy) is 1. The van der Waals surface area contributed by atoms with Gasteiger partial charge in [0.25, 0.3) is 0 Å². The van der Waals surface area contributed by atoms with Crippen LogP contribution in [-0.4, -0.2) is 30.5 Å². The maximum absolute atomic E-state index is 4.93. The molecule has 1 rings (SSSR count). The van der Waals surface area contributed by atoms with Crippen LogP contribution >= 0.6 is 0 Å². The first kappa shape index (κ1) is 10.1. The van der Waals surface area contributed by atoms with Crippen molar-refractivity contribution in [3.8, 4) is 0 Å². The predicted octanol–water partition coefficient (Wildman–Crippen LogP) is 0.603. The van der Waals surface area contributed by atoms with Gasteiger partial charge in [-0.3, -0.25) is 0 Å². The predicted molar refractivity (Wildman–Crippen MR) is 50.2 cm³/mol. The Hall–Kier alpha value is -1.00. The summed E-state index contributed by atoms with van der Waals surface area (Å²) in [7, 11) is 1.71. The summed E-state index contributed by atoms with van der Waals surface area (Å²) >= 11 is 0. The molecule has 0 aliphatic carbocycles. The van der Waals surface area contributed by atoms with Crippen molar-refractivity contribution in [3.05, 3.63) is 24.0 Å². The second kappa shape index (κ2) is 6.51. The van der Waals surface area contributed by atoms with Crippen molar-refractivity contribution in [1.29, 1.82) is 0 Å². The van der Waals surface area contributed by atoms with Gasteiger partial charge in [0.05, 0.1) is 5.69 Å². The minimum atomic E-state index is 0.775. The Kier molecular flexibility index (Phi) is 5.05. The standard InChI is InChI=1S/C9H15N3O/c1-13-7-3-5-10-8-9-4-2-6-11-12-9/h2,4,6,10H,3,5,7-8H2,1H3. The fourth-order valence-electron chi connectivity index (χ4n) is 0.986. The van der Waals surface area contributed by atoms with Crippen molar-refractivity contribution < 1.29 is 4.74 Å². The molecule has 1 heterocycles. The molecule has 0 aliphatic heterocycles. The molecule has 0 atom stereocenters. The van der Waals surface area contributed by atoms with E-state index in [2.05, 4.69) is 15.5 Å². The lowest BCUT2D eigenvalue weighted by molar-refractivity contribution is 0.194. The van der Waals surface area contributed by atoms with Gasteiger partial charge < -0.3 is 10.1 Å². The zero-order chi connectivity index (χ0) is 9.36. The summed E-state index contributed by atoms with van der Waals surface area (Å²) < 4.78 is 4.93. The van der Waals surface area contributed by atoms with Crippen LogP contribution in [0.5, 0.6) is 0 Å². The quantitative estimate of drug-likeness (QED) is 0.653. The molecule has 72 valence electrons. The van der Waals surface area contributed by atoms with E-state index in [0.29, 0.717) is 0 Å². The van der Waals surface area contributed by atoms with Crippen LogP contribution in [0.15, 0.2) is 18.3 Å². The summed E-state index contributed by atoms with van der Waals surface area (Å²) in [5, 5.41) is 11.0. The van der Waals surface area contributed by atoms with E-state index in [1.165, 1.54) is 0 Å². The van der Waals surface area contributed by atoms with Crippen LogP contribution in [0.4, 0.5) is 0 Å².